The molecule has 2 atom stereocenters. The van der Waals surface area contributed by atoms with Crippen molar-refractivity contribution in [2.45, 2.75) is 84.6 Å². The number of rotatable bonds is 5. The summed E-state index contributed by atoms with van der Waals surface area (Å²) >= 11 is 0. The topological polar surface area (TPSA) is 60.5 Å². The fraction of sp³-hybridized carbons (Fsp3) is 0.528. The normalized spacial score (nSPS) is 26.4. The number of allylic oxidation sites excluding steroid dienone is 5. The largest absolute Gasteiger partial charge is 0.399 e. The maximum absolute atomic E-state index is 14.3. The first-order valence-corrected chi connectivity index (χ1v) is 16.0. The van der Waals surface area contributed by atoms with E-state index in [9.17, 15) is 4.79 Å². The van der Waals surface area contributed by atoms with Gasteiger partial charge in [0, 0.05) is 42.2 Å². The highest BCUT2D eigenvalue weighted by atomic mass is 16.5. The van der Waals surface area contributed by atoms with Gasteiger partial charge >= 0.3 is 0 Å². The summed E-state index contributed by atoms with van der Waals surface area (Å²) in [4.78, 5) is 16.4. The quantitative estimate of drug-likeness (QED) is 0.302. The van der Waals surface area contributed by atoms with Crippen molar-refractivity contribution in [2.24, 2.45) is 17.1 Å². The highest BCUT2D eigenvalue weighted by Gasteiger charge is 2.64. The van der Waals surface area contributed by atoms with Crippen molar-refractivity contribution in [1.82, 2.24) is 9.47 Å². The Bertz CT molecular complexity index is 1360. The molecule has 4 aliphatic rings. The molecule has 2 aliphatic heterocycles. The molecule has 0 bridgehead atoms. The molecule has 1 aromatic carbocycles. The van der Waals surface area contributed by atoms with Gasteiger partial charge in [0.25, 0.3) is 0 Å². The minimum atomic E-state index is -0.424. The zero-order valence-corrected chi connectivity index (χ0v) is 25.5. The molecule has 3 heterocycles. The summed E-state index contributed by atoms with van der Waals surface area (Å²) < 4.78 is 8.10. The number of benzene rings is 1. The smallest absolute Gasteiger partial charge is 0.231 e. The number of nitrogens with zero attached hydrogens (tertiary/aromatic N) is 2. The van der Waals surface area contributed by atoms with E-state index in [4.69, 9.17) is 10.5 Å². The number of ether oxygens (including phenoxy) is 1. The summed E-state index contributed by atoms with van der Waals surface area (Å²) in [6, 6.07) is 6.62. The summed E-state index contributed by atoms with van der Waals surface area (Å²) in [7, 11) is 0. The van der Waals surface area contributed by atoms with Crippen LogP contribution in [0.15, 0.2) is 55.2 Å². The lowest BCUT2D eigenvalue weighted by atomic mass is 9.84. The Hall–Kier alpha value is -3.05. The van der Waals surface area contributed by atoms with E-state index in [1.807, 2.05) is 19.9 Å². The lowest BCUT2D eigenvalue weighted by Crippen LogP contribution is -2.46. The second kappa shape index (κ2) is 12.4. The number of morpholine rings is 1. The summed E-state index contributed by atoms with van der Waals surface area (Å²) in [5.74, 6) is 1.04. The molecule has 2 unspecified atom stereocenters. The first-order chi connectivity index (χ1) is 20.0. The fourth-order valence-electron chi connectivity index (χ4n) is 7.66. The monoisotopic (exact) mass is 555 g/mol. The molecule has 5 nitrogen and oxygen atoms in total. The van der Waals surface area contributed by atoms with Crippen LogP contribution >= 0.6 is 0 Å². The zero-order chi connectivity index (χ0) is 29.1. The molecule has 5 heteroatoms. The van der Waals surface area contributed by atoms with E-state index in [0.717, 1.165) is 18.4 Å². The predicted octanol–water partition coefficient (Wildman–Crippen LogP) is 7.82. The van der Waals surface area contributed by atoms with Crippen molar-refractivity contribution in [3.8, 4) is 0 Å². The SMILES string of the molecule is C=CC/C=C1\C(=C/C)c2c(C3CCCCCC3)c3ccc(C(=C)N)cc3n2CC2(C(=O)N3CCOCC3)CC12.CC. The van der Waals surface area contributed by atoms with Crippen LogP contribution in [0, 0.1) is 11.3 Å². The number of aromatic nitrogens is 1. The van der Waals surface area contributed by atoms with Crippen LogP contribution in [0.5, 0.6) is 0 Å². The van der Waals surface area contributed by atoms with Gasteiger partial charge in [0.1, 0.15) is 0 Å². The Balaban J connectivity index is 0.00000165. The molecular weight excluding hydrogens is 506 g/mol. The Labute approximate surface area is 246 Å². The summed E-state index contributed by atoms with van der Waals surface area (Å²) in [6.45, 7) is 17.5. The molecule has 3 fully saturated rings. The van der Waals surface area contributed by atoms with E-state index in [1.165, 1.54) is 71.8 Å². The highest BCUT2D eigenvalue weighted by Crippen LogP contribution is 2.64. The van der Waals surface area contributed by atoms with Crippen LogP contribution in [-0.2, 0) is 16.1 Å². The Morgan fingerprint density at radius 2 is 1.85 bits per heavy atom. The van der Waals surface area contributed by atoms with E-state index in [1.54, 1.807) is 0 Å². The maximum Gasteiger partial charge on any atom is 0.231 e. The van der Waals surface area contributed by atoms with Crippen LogP contribution in [0.25, 0.3) is 22.2 Å². The van der Waals surface area contributed by atoms with Crippen molar-refractivity contribution in [2.75, 3.05) is 26.3 Å². The molecule has 1 aromatic heterocycles. The standard InChI is InChI=1S/C34H43N3O2.C2H6/c1-4-6-13-27-26(5-2)32-31(24-11-9-7-8-10-12-24)28-15-14-25(23(3)35)20-30(28)37(32)22-34(21-29(27)34)33(38)36-16-18-39-19-17-36;1-2/h4-5,13-15,20,24,29H,1,3,6-12,16-19,21-22,35H2,2H3;1-2H3/b26-5+,27-13+;. The van der Waals surface area contributed by atoms with E-state index in [2.05, 4.69) is 59.9 Å². The van der Waals surface area contributed by atoms with E-state index in [0.29, 0.717) is 50.4 Å². The van der Waals surface area contributed by atoms with Gasteiger partial charge in [-0.05, 0) is 66.9 Å². The van der Waals surface area contributed by atoms with Crippen LogP contribution in [0.1, 0.15) is 94.9 Å². The number of fused-ring (bicyclic) bond motifs is 4. The molecule has 2 N–H and O–H groups in total. The number of hydrogen-bond acceptors (Lipinski definition) is 3. The minimum Gasteiger partial charge on any atom is -0.399 e. The second-order valence-electron chi connectivity index (χ2n) is 12.0. The molecule has 0 spiro atoms. The molecule has 0 radical (unpaired) electrons. The lowest BCUT2D eigenvalue weighted by molar-refractivity contribution is -0.142. The molecule has 2 saturated carbocycles. The van der Waals surface area contributed by atoms with Crippen LogP contribution < -0.4 is 5.73 Å². The van der Waals surface area contributed by atoms with Gasteiger partial charge in [-0.25, -0.2) is 0 Å². The van der Waals surface area contributed by atoms with Crippen molar-refractivity contribution in [1.29, 1.82) is 0 Å². The fourth-order valence-corrected chi connectivity index (χ4v) is 7.66. The third-order valence-corrected chi connectivity index (χ3v) is 9.71. The molecule has 220 valence electrons. The van der Waals surface area contributed by atoms with Gasteiger partial charge in [-0.1, -0.05) is 76.5 Å². The Morgan fingerprint density at radius 3 is 2.49 bits per heavy atom. The minimum absolute atomic E-state index is 0.226. The Morgan fingerprint density at radius 1 is 1.15 bits per heavy atom. The molecule has 6 rings (SSSR count). The third-order valence-electron chi connectivity index (χ3n) is 9.71. The number of carbonyl (C=O) groups is 1. The van der Waals surface area contributed by atoms with Gasteiger partial charge in [-0.15, -0.1) is 6.58 Å². The van der Waals surface area contributed by atoms with Gasteiger partial charge in [-0.2, -0.15) is 0 Å². The van der Waals surface area contributed by atoms with Gasteiger partial charge in [0.15, 0.2) is 0 Å². The van der Waals surface area contributed by atoms with E-state index < -0.39 is 5.41 Å². The number of nitrogens with two attached hydrogens (primary N) is 1. The van der Waals surface area contributed by atoms with Gasteiger partial charge in [0.05, 0.1) is 24.3 Å². The first kappa shape index (κ1) is 29.4. The van der Waals surface area contributed by atoms with E-state index in [-0.39, 0.29) is 5.92 Å². The highest BCUT2D eigenvalue weighted by molar-refractivity contribution is 5.98. The number of hydrogen-bond donors (Lipinski definition) is 1. The Kier molecular flexibility index (Phi) is 8.94. The molecule has 41 heavy (non-hydrogen) atoms. The summed E-state index contributed by atoms with van der Waals surface area (Å²) in [6.07, 6.45) is 16.0. The average molecular weight is 556 g/mol. The third kappa shape index (κ3) is 5.22. The number of amides is 1. The van der Waals surface area contributed by atoms with E-state index >= 15 is 0 Å². The van der Waals surface area contributed by atoms with Crippen LogP contribution in [0.3, 0.4) is 0 Å². The second-order valence-corrected chi connectivity index (χ2v) is 12.0. The summed E-state index contributed by atoms with van der Waals surface area (Å²) in [5.41, 5.74) is 14.0. The molecule has 1 saturated heterocycles. The van der Waals surface area contributed by atoms with Crippen molar-refractivity contribution in [3.05, 3.63) is 72.0 Å². The molecule has 1 amide bonds. The van der Waals surface area contributed by atoms with Gasteiger partial charge in [-0.3, -0.25) is 4.79 Å². The van der Waals surface area contributed by atoms with Crippen LogP contribution in [0.4, 0.5) is 0 Å². The lowest BCUT2D eigenvalue weighted by Gasteiger charge is -2.31. The van der Waals surface area contributed by atoms with Crippen LogP contribution in [-0.4, -0.2) is 41.7 Å². The maximum atomic E-state index is 14.3. The zero-order valence-electron chi connectivity index (χ0n) is 25.5. The van der Waals surface area contributed by atoms with Crippen molar-refractivity contribution < 1.29 is 9.53 Å². The molecular formula is C36H49N3O2. The summed E-state index contributed by atoms with van der Waals surface area (Å²) in [5, 5.41) is 1.32. The van der Waals surface area contributed by atoms with Gasteiger partial charge < -0.3 is 19.9 Å². The number of carbonyl (C=O) groups excluding carboxylic acids is 1. The van der Waals surface area contributed by atoms with Crippen molar-refractivity contribution >= 4 is 28.1 Å². The van der Waals surface area contributed by atoms with Gasteiger partial charge in [0.2, 0.25) is 5.91 Å². The molecule has 2 aromatic rings. The van der Waals surface area contributed by atoms with Crippen LogP contribution in [0.2, 0.25) is 0 Å². The average Bonchev–Trinajstić information content (AvgIpc) is 3.74. The molecule has 2 aliphatic carbocycles. The van der Waals surface area contributed by atoms with Crippen molar-refractivity contribution in [3.63, 3.8) is 0 Å². The first-order valence-electron chi connectivity index (χ1n) is 16.0. The predicted molar refractivity (Wildman–Crippen MR) is 171 cm³/mol.